The number of carbonyl (C=O) groups is 1. The summed E-state index contributed by atoms with van der Waals surface area (Å²) in [6.07, 6.45) is 5.72. The maximum absolute atomic E-state index is 12.6. The van der Waals surface area contributed by atoms with Gasteiger partial charge < -0.3 is 9.42 Å². The molecule has 2 aliphatic rings. The van der Waals surface area contributed by atoms with Crippen molar-refractivity contribution in [1.29, 1.82) is 0 Å². The molecule has 0 saturated carbocycles. The Labute approximate surface area is 147 Å². The van der Waals surface area contributed by atoms with Gasteiger partial charge >= 0.3 is 0 Å². The molecular weight excluding hydrogens is 318 g/mol. The van der Waals surface area contributed by atoms with Crippen LogP contribution in [0.5, 0.6) is 0 Å². The number of hydrogen-bond acceptors (Lipinski definition) is 5. The molecule has 4 rings (SSSR count). The van der Waals surface area contributed by atoms with Gasteiger partial charge in [0.1, 0.15) is 5.76 Å². The molecule has 0 aliphatic carbocycles. The fourth-order valence-electron chi connectivity index (χ4n) is 4.29. The maximum atomic E-state index is 12.6. The van der Waals surface area contributed by atoms with Crippen LogP contribution in [0.25, 0.3) is 0 Å². The van der Waals surface area contributed by atoms with Crippen LogP contribution < -0.4 is 0 Å². The molecule has 7 heteroatoms. The van der Waals surface area contributed by atoms with E-state index >= 15 is 0 Å². The lowest BCUT2D eigenvalue weighted by Crippen LogP contribution is -2.31. The molecule has 1 amide bonds. The third-order valence-electron chi connectivity index (χ3n) is 5.62. The van der Waals surface area contributed by atoms with E-state index in [1.165, 1.54) is 5.56 Å². The Bertz CT molecular complexity index is 776. The lowest BCUT2D eigenvalue weighted by atomic mass is 9.86. The molecule has 4 heterocycles. The molecule has 2 fully saturated rings. The highest BCUT2D eigenvalue weighted by Crippen LogP contribution is 2.41. The van der Waals surface area contributed by atoms with Crippen molar-refractivity contribution in [2.45, 2.75) is 39.8 Å². The second-order valence-corrected chi connectivity index (χ2v) is 7.71. The number of amides is 1. The SMILES string of the molecule is Cc1noc(C)c1CN1CC2(CCN(Cc3cnn(C)c3)C2)CC1=O. The van der Waals surface area contributed by atoms with E-state index in [4.69, 9.17) is 4.52 Å². The second kappa shape index (κ2) is 5.98. The fourth-order valence-corrected chi connectivity index (χ4v) is 4.29. The van der Waals surface area contributed by atoms with E-state index in [2.05, 4.69) is 21.4 Å². The van der Waals surface area contributed by atoms with E-state index < -0.39 is 0 Å². The van der Waals surface area contributed by atoms with Gasteiger partial charge in [-0.15, -0.1) is 0 Å². The van der Waals surface area contributed by atoms with Gasteiger partial charge in [-0.3, -0.25) is 14.4 Å². The van der Waals surface area contributed by atoms with Crippen molar-refractivity contribution in [3.63, 3.8) is 0 Å². The largest absolute Gasteiger partial charge is 0.361 e. The third kappa shape index (κ3) is 3.08. The zero-order valence-electron chi connectivity index (χ0n) is 15.2. The highest BCUT2D eigenvalue weighted by Gasteiger charge is 2.47. The van der Waals surface area contributed by atoms with Crippen molar-refractivity contribution in [3.05, 3.63) is 35.0 Å². The maximum Gasteiger partial charge on any atom is 0.223 e. The van der Waals surface area contributed by atoms with Crippen LogP contribution in [0.3, 0.4) is 0 Å². The van der Waals surface area contributed by atoms with Gasteiger partial charge in [-0.05, 0) is 26.8 Å². The number of carbonyl (C=O) groups excluding carboxylic acids is 1. The summed E-state index contributed by atoms with van der Waals surface area (Å²) < 4.78 is 7.08. The summed E-state index contributed by atoms with van der Waals surface area (Å²) in [6.45, 7) is 8.23. The van der Waals surface area contributed by atoms with Gasteiger partial charge in [-0.1, -0.05) is 5.16 Å². The average Bonchev–Trinajstić information content (AvgIpc) is 3.29. The van der Waals surface area contributed by atoms with Crippen LogP contribution in [0, 0.1) is 19.3 Å². The minimum Gasteiger partial charge on any atom is -0.361 e. The minimum absolute atomic E-state index is 0.0955. The van der Waals surface area contributed by atoms with Gasteiger partial charge in [0.25, 0.3) is 0 Å². The lowest BCUT2D eigenvalue weighted by Gasteiger charge is -2.24. The Hall–Kier alpha value is -2.15. The monoisotopic (exact) mass is 343 g/mol. The van der Waals surface area contributed by atoms with E-state index in [-0.39, 0.29) is 11.3 Å². The molecule has 0 aromatic carbocycles. The van der Waals surface area contributed by atoms with E-state index in [0.29, 0.717) is 13.0 Å². The molecule has 25 heavy (non-hydrogen) atoms. The standard InChI is InChI=1S/C18H25N5O2/c1-13-16(14(2)25-20-13)10-23-12-18(6-17(23)24)4-5-22(11-18)9-15-7-19-21(3)8-15/h7-8H,4-6,9-12H2,1-3H3. The fraction of sp³-hybridized carbons (Fsp3) is 0.611. The number of rotatable bonds is 4. The van der Waals surface area contributed by atoms with Crippen molar-refractivity contribution in [2.24, 2.45) is 12.5 Å². The van der Waals surface area contributed by atoms with Gasteiger partial charge in [0.2, 0.25) is 5.91 Å². The smallest absolute Gasteiger partial charge is 0.223 e. The van der Waals surface area contributed by atoms with Crippen LogP contribution in [0.2, 0.25) is 0 Å². The van der Waals surface area contributed by atoms with E-state index in [1.54, 1.807) is 0 Å². The topological polar surface area (TPSA) is 67.4 Å². The van der Waals surface area contributed by atoms with Crippen molar-refractivity contribution in [1.82, 2.24) is 24.7 Å². The Balaban J connectivity index is 1.41. The van der Waals surface area contributed by atoms with Crippen LogP contribution >= 0.6 is 0 Å². The average molecular weight is 343 g/mol. The summed E-state index contributed by atoms with van der Waals surface area (Å²) in [6, 6.07) is 0. The molecule has 7 nitrogen and oxygen atoms in total. The molecule has 2 aromatic heterocycles. The first kappa shape index (κ1) is 16.3. The predicted molar refractivity (Wildman–Crippen MR) is 91.5 cm³/mol. The van der Waals surface area contributed by atoms with Crippen LogP contribution in [0.15, 0.2) is 16.9 Å². The first-order chi connectivity index (χ1) is 11.9. The summed E-state index contributed by atoms with van der Waals surface area (Å²) in [5.74, 6) is 1.07. The first-order valence-electron chi connectivity index (χ1n) is 8.84. The van der Waals surface area contributed by atoms with Gasteiger partial charge in [-0.2, -0.15) is 5.10 Å². The highest BCUT2D eigenvalue weighted by atomic mass is 16.5. The normalized spacial score (nSPS) is 24.1. The summed E-state index contributed by atoms with van der Waals surface area (Å²) in [4.78, 5) is 17.0. The van der Waals surface area contributed by atoms with Crippen molar-refractivity contribution < 1.29 is 9.32 Å². The van der Waals surface area contributed by atoms with Gasteiger partial charge in [0, 0.05) is 55.8 Å². The predicted octanol–water partition coefficient (Wildman–Crippen LogP) is 1.65. The molecule has 0 bridgehead atoms. The van der Waals surface area contributed by atoms with Gasteiger partial charge in [0.15, 0.2) is 0 Å². The third-order valence-corrected chi connectivity index (χ3v) is 5.62. The van der Waals surface area contributed by atoms with Gasteiger partial charge in [-0.25, -0.2) is 0 Å². The number of nitrogens with zero attached hydrogens (tertiary/aromatic N) is 5. The van der Waals surface area contributed by atoms with Crippen LogP contribution in [-0.4, -0.2) is 50.3 Å². The molecule has 134 valence electrons. The lowest BCUT2D eigenvalue weighted by molar-refractivity contribution is -0.128. The van der Waals surface area contributed by atoms with Gasteiger partial charge in [0.05, 0.1) is 18.4 Å². The zero-order valence-corrected chi connectivity index (χ0v) is 15.2. The Morgan fingerprint density at radius 1 is 1.28 bits per heavy atom. The number of aromatic nitrogens is 3. The number of hydrogen-bond donors (Lipinski definition) is 0. The molecule has 2 aliphatic heterocycles. The highest BCUT2D eigenvalue weighted by molar-refractivity contribution is 5.79. The Morgan fingerprint density at radius 3 is 2.80 bits per heavy atom. The minimum atomic E-state index is 0.0955. The number of likely N-dealkylation sites (tertiary alicyclic amines) is 2. The van der Waals surface area contributed by atoms with E-state index in [1.807, 2.05) is 36.7 Å². The van der Waals surface area contributed by atoms with E-state index in [9.17, 15) is 4.79 Å². The number of aryl methyl sites for hydroxylation is 3. The summed E-state index contributed by atoms with van der Waals surface area (Å²) in [5.41, 5.74) is 3.26. The molecule has 1 spiro atoms. The Kier molecular flexibility index (Phi) is 3.91. The van der Waals surface area contributed by atoms with E-state index in [0.717, 1.165) is 49.6 Å². The molecular formula is C18H25N5O2. The van der Waals surface area contributed by atoms with Crippen LogP contribution in [0.1, 0.15) is 35.4 Å². The first-order valence-corrected chi connectivity index (χ1v) is 8.84. The Morgan fingerprint density at radius 2 is 2.12 bits per heavy atom. The van der Waals surface area contributed by atoms with Crippen LogP contribution in [0.4, 0.5) is 0 Å². The van der Waals surface area contributed by atoms with Crippen LogP contribution in [-0.2, 0) is 24.9 Å². The second-order valence-electron chi connectivity index (χ2n) is 7.71. The summed E-state index contributed by atoms with van der Waals surface area (Å²) in [7, 11) is 1.94. The summed E-state index contributed by atoms with van der Waals surface area (Å²) >= 11 is 0. The quantitative estimate of drug-likeness (QED) is 0.844. The zero-order chi connectivity index (χ0) is 17.6. The molecule has 1 atom stereocenters. The van der Waals surface area contributed by atoms with Crippen molar-refractivity contribution >= 4 is 5.91 Å². The molecule has 2 aromatic rings. The molecule has 1 unspecified atom stereocenters. The molecule has 2 saturated heterocycles. The molecule has 0 radical (unpaired) electrons. The summed E-state index contributed by atoms with van der Waals surface area (Å²) in [5, 5.41) is 8.25. The van der Waals surface area contributed by atoms with Crippen molar-refractivity contribution in [2.75, 3.05) is 19.6 Å². The molecule has 0 N–H and O–H groups in total. The van der Waals surface area contributed by atoms with Crippen molar-refractivity contribution in [3.8, 4) is 0 Å².